The molecule has 2 aliphatic rings. The van der Waals surface area contributed by atoms with Gasteiger partial charge >= 0.3 is 0 Å². The number of aromatic nitrogens is 1. The molecule has 0 bridgehead atoms. The molecular formula is C34H35NO3. The number of hydrogen-bond acceptors (Lipinski definition) is 4. The predicted octanol–water partition coefficient (Wildman–Crippen LogP) is 6.13. The van der Waals surface area contributed by atoms with Crippen molar-refractivity contribution in [3.05, 3.63) is 131 Å². The molecule has 4 heteroatoms. The number of aryl methyl sites for hydroxylation is 2. The third kappa shape index (κ3) is 4.63. The summed E-state index contributed by atoms with van der Waals surface area (Å²) in [6.45, 7) is 2.49. The van der Waals surface area contributed by atoms with E-state index in [4.69, 9.17) is 4.74 Å². The summed E-state index contributed by atoms with van der Waals surface area (Å²) in [6, 6.07) is 30.6. The number of ether oxygens (including phenoxy) is 1. The van der Waals surface area contributed by atoms with Crippen LogP contribution in [0.15, 0.2) is 97.2 Å². The number of fused-ring (bicyclic) bond motifs is 3. The van der Waals surface area contributed by atoms with Crippen LogP contribution in [0.2, 0.25) is 0 Å². The van der Waals surface area contributed by atoms with E-state index in [1.807, 2.05) is 61.5 Å². The first kappa shape index (κ1) is 24.8. The van der Waals surface area contributed by atoms with E-state index in [2.05, 4.69) is 41.4 Å². The predicted molar refractivity (Wildman–Crippen MR) is 149 cm³/mol. The monoisotopic (exact) mass is 505 g/mol. The second-order valence-electron chi connectivity index (χ2n) is 11.0. The molecular weight excluding hydrogens is 470 g/mol. The highest BCUT2D eigenvalue weighted by molar-refractivity contribution is 5.42. The van der Waals surface area contributed by atoms with E-state index >= 15 is 0 Å². The van der Waals surface area contributed by atoms with Crippen molar-refractivity contribution in [2.24, 2.45) is 11.8 Å². The Hall–Kier alpha value is -3.47. The average molecular weight is 506 g/mol. The summed E-state index contributed by atoms with van der Waals surface area (Å²) in [4.78, 5) is 4.37. The molecule has 2 aliphatic carbocycles. The molecule has 194 valence electrons. The smallest absolute Gasteiger partial charge is 0.120 e. The molecule has 6 rings (SSSR count). The number of rotatable bonds is 6. The third-order valence-electron chi connectivity index (χ3n) is 8.79. The Balaban J connectivity index is 1.33. The number of aliphatic hydroxyl groups excluding tert-OH is 1. The standard InChI is InChI=1S/C34H35NO3/c1-23-27(11-8-18-35-23)22-38-29-16-17-30-25(20-29)14-15-26-21-34(37,28-12-6-3-7-13-28)33(36)31(32(26)30)19-24-9-4-2-5-10-24/h2-13,16-18,20,26,31-33,36-37H,14-15,19,21-22H2,1H3/t26-,31+,32+,33+,34-/m1/s1. The second kappa shape index (κ2) is 10.4. The molecule has 1 heterocycles. The summed E-state index contributed by atoms with van der Waals surface area (Å²) in [5.41, 5.74) is 5.39. The first-order valence-corrected chi connectivity index (χ1v) is 13.7. The largest absolute Gasteiger partial charge is 0.489 e. The Morgan fingerprint density at radius 1 is 0.947 bits per heavy atom. The van der Waals surface area contributed by atoms with Crippen LogP contribution in [0.4, 0.5) is 0 Å². The van der Waals surface area contributed by atoms with Gasteiger partial charge in [-0.05, 0) is 90.8 Å². The van der Waals surface area contributed by atoms with Crippen LogP contribution in [-0.2, 0) is 25.0 Å². The minimum Gasteiger partial charge on any atom is -0.489 e. The van der Waals surface area contributed by atoms with E-state index in [1.54, 1.807) is 6.20 Å². The Morgan fingerprint density at radius 3 is 2.47 bits per heavy atom. The van der Waals surface area contributed by atoms with Gasteiger partial charge in [0.1, 0.15) is 18.0 Å². The lowest BCUT2D eigenvalue weighted by Crippen LogP contribution is -2.54. The van der Waals surface area contributed by atoms with Crippen molar-refractivity contribution in [1.82, 2.24) is 4.98 Å². The van der Waals surface area contributed by atoms with Crippen LogP contribution in [0.5, 0.6) is 5.75 Å². The molecule has 38 heavy (non-hydrogen) atoms. The van der Waals surface area contributed by atoms with E-state index in [0.717, 1.165) is 41.8 Å². The van der Waals surface area contributed by atoms with Crippen molar-refractivity contribution in [3.63, 3.8) is 0 Å². The van der Waals surface area contributed by atoms with Gasteiger partial charge in [0, 0.05) is 17.5 Å². The van der Waals surface area contributed by atoms with Gasteiger partial charge < -0.3 is 14.9 Å². The van der Waals surface area contributed by atoms with Crippen LogP contribution < -0.4 is 4.74 Å². The normalized spacial score (nSPS) is 26.3. The van der Waals surface area contributed by atoms with Crippen molar-refractivity contribution in [2.45, 2.75) is 56.8 Å². The number of benzene rings is 3. The van der Waals surface area contributed by atoms with E-state index < -0.39 is 11.7 Å². The van der Waals surface area contributed by atoms with Gasteiger partial charge in [-0.25, -0.2) is 0 Å². The molecule has 3 aromatic carbocycles. The molecule has 0 saturated heterocycles. The molecule has 0 aliphatic heterocycles. The lowest BCUT2D eigenvalue weighted by Gasteiger charge is -2.52. The SMILES string of the molecule is Cc1ncccc1COc1ccc2c(c1)CC[C@@H]1C[C@@](O)(c3ccccc3)[C@@H](O)[C@@H](Cc3ccccc3)[C@H]21. The minimum absolute atomic E-state index is 0.106. The highest BCUT2D eigenvalue weighted by Gasteiger charge is 2.54. The van der Waals surface area contributed by atoms with Crippen LogP contribution >= 0.6 is 0 Å². The highest BCUT2D eigenvalue weighted by Crippen LogP contribution is 2.55. The summed E-state index contributed by atoms with van der Waals surface area (Å²) in [7, 11) is 0. The van der Waals surface area contributed by atoms with Crippen LogP contribution in [-0.4, -0.2) is 21.3 Å². The van der Waals surface area contributed by atoms with Gasteiger partial charge in [-0.3, -0.25) is 4.98 Å². The van der Waals surface area contributed by atoms with Gasteiger partial charge in [0.2, 0.25) is 0 Å². The minimum atomic E-state index is -1.26. The summed E-state index contributed by atoms with van der Waals surface area (Å²) < 4.78 is 6.18. The summed E-state index contributed by atoms with van der Waals surface area (Å²) in [5, 5.41) is 23.9. The van der Waals surface area contributed by atoms with Gasteiger partial charge in [0.05, 0.1) is 6.10 Å². The van der Waals surface area contributed by atoms with Crippen LogP contribution in [0, 0.1) is 18.8 Å². The molecule has 1 fully saturated rings. The van der Waals surface area contributed by atoms with E-state index in [0.29, 0.717) is 13.0 Å². The third-order valence-corrected chi connectivity index (χ3v) is 8.79. The van der Waals surface area contributed by atoms with Gasteiger partial charge in [-0.2, -0.15) is 0 Å². The Bertz CT molecular complexity index is 1390. The number of hydrogen-bond donors (Lipinski definition) is 2. The van der Waals surface area contributed by atoms with Crippen LogP contribution in [0.25, 0.3) is 0 Å². The quantitative estimate of drug-likeness (QED) is 0.331. The molecule has 4 aromatic rings. The van der Waals surface area contributed by atoms with Crippen molar-refractivity contribution in [1.29, 1.82) is 0 Å². The van der Waals surface area contributed by atoms with E-state index in [9.17, 15) is 10.2 Å². The molecule has 1 saturated carbocycles. The van der Waals surface area contributed by atoms with Crippen molar-refractivity contribution >= 4 is 0 Å². The van der Waals surface area contributed by atoms with Gasteiger partial charge in [-0.15, -0.1) is 0 Å². The summed E-state index contributed by atoms with van der Waals surface area (Å²) >= 11 is 0. The highest BCUT2D eigenvalue weighted by atomic mass is 16.5. The Morgan fingerprint density at radius 2 is 1.71 bits per heavy atom. The van der Waals surface area contributed by atoms with Gasteiger partial charge in [-0.1, -0.05) is 72.8 Å². The van der Waals surface area contributed by atoms with Gasteiger partial charge in [0.25, 0.3) is 0 Å². The maximum Gasteiger partial charge on any atom is 0.120 e. The fourth-order valence-corrected chi connectivity index (χ4v) is 6.84. The van der Waals surface area contributed by atoms with E-state index in [-0.39, 0.29) is 17.8 Å². The Kier molecular flexibility index (Phi) is 6.77. The zero-order chi connectivity index (χ0) is 26.1. The summed E-state index contributed by atoms with van der Waals surface area (Å²) in [6.07, 6.45) is 4.14. The topological polar surface area (TPSA) is 62.6 Å². The van der Waals surface area contributed by atoms with Crippen molar-refractivity contribution < 1.29 is 14.9 Å². The molecule has 0 unspecified atom stereocenters. The fraction of sp³-hybridized carbons (Fsp3) is 0.324. The van der Waals surface area contributed by atoms with Crippen molar-refractivity contribution in [2.75, 3.05) is 0 Å². The lowest BCUT2D eigenvalue weighted by atomic mass is 9.56. The maximum absolute atomic E-state index is 12.0. The van der Waals surface area contributed by atoms with Crippen LogP contribution in [0.3, 0.4) is 0 Å². The zero-order valence-electron chi connectivity index (χ0n) is 21.8. The Labute approximate surface area is 225 Å². The molecule has 1 aromatic heterocycles. The zero-order valence-corrected chi connectivity index (χ0v) is 21.8. The number of pyridine rings is 1. The summed E-state index contributed by atoms with van der Waals surface area (Å²) in [5.74, 6) is 1.22. The molecule has 0 spiro atoms. The molecule has 4 nitrogen and oxygen atoms in total. The lowest BCUT2D eigenvalue weighted by molar-refractivity contribution is -0.156. The van der Waals surface area contributed by atoms with E-state index in [1.165, 1.54) is 16.7 Å². The molecule has 5 atom stereocenters. The molecule has 0 radical (unpaired) electrons. The first-order chi connectivity index (χ1) is 18.5. The van der Waals surface area contributed by atoms with Crippen molar-refractivity contribution in [3.8, 4) is 5.75 Å². The fourth-order valence-electron chi connectivity index (χ4n) is 6.84. The number of nitrogens with zero attached hydrogens (tertiary/aromatic N) is 1. The number of aliphatic hydroxyl groups is 2. The van der Waals surface area contributed by atoms with Gasteiger partial charge in [0.15, 0.2) is 0 Å². The maximum atomic E-state index is 12.0. The second-order valence-corrected chi connectivity index (χ2v) is 11.0. The van der Waals surface area contributed by atoms with Crippen LogP contribution in [0.1, 0.15) is 52.3 Å². The molecule has 2 N–H and O–H groups in total. The average Bonchev–Trinajstić information content (AvgIpc) is 2.96. The first-order valence-electron chi connectivity index (χ1n) is 13.7. The molecule has 0 amide bonds.